The molecular formula is C20H17ClF3N3O3S. The molecular weight excluding hydrogens is 455 g/mol. The van der Waals surface area contributed by atoms with Crippen LogP contribution in [0.2, 0.25) is 5.02 Å². The number of halogens is 4. The number of aromatic nitrogens is 2. The molecule has 0 bridgehead atoms. The minimum absolute atomic E-state index is 0.0952. The molecule has 0 aliphatic carbocycles. The molecule has 0 atom stereocenters. The van der Waals surface area contributed by atoms with Gasteiger partial charge in [0.2, 0.25) is 5.91 Å². The number of alkyl halides is 3. The summed E-state index contributed by atoms with van der Waals surface area (Å²) in [6.45, 7) is 0.464. The lowest BCUT2D eigenvalue weighted by atomic mass is 10.1. The van der Waals surface area contributed by atoms with Crippen molar-refractivity contribution in [1.82, 2.24) is 9.55 Å². The van der Waals surface area contributed by atoms with E-state index in [1.54, 1.807) is 24.3 Å². The topological polar surface area (TPSA) is 73.2 Å². The van der Waals surface area contributed by atoms with Crippen molar-refractivity contribution < 1.29 is 22.7 Å². The van der Waals surface area contributed by atoms with E-state index in [2.05, 4.69) is 10.3 Å². The van der Waals surface area contributed by atoms with Gasteiger partial charge in [-0.15, -0.1) is 0 Å². The summed E-state index contributed by atoms with van der Waals surface area (Å²) in [6.07, 6.45) is -4.68. The molecule has 2 aromatic carbocycles. The monoisotopic (exact) mass is 471 g/mol. The second-order valence-electron chi connectivity index (χ2n) is 6.39. The van der Waals surface area contributed by atoms with E-state index in [1.165, 1.54) is 17.7 Å². The van der Waals surface area contributed by atoms with E-state index in [1.807, 2.05) is 0 Å². The van der Waals surface area contributed by atoms with Crippen molar-refractivity contribution in [3.8, 4) is 0 Å². The number of nitrogens with zero attached hydrogens (tertiary/aromatic N) is 2. The lowest BCUT2D eigenvalue weighted by Gasteiger charge is -2.15. The average Bonchev–Trinajstić information content (AvgIpc) is 2.72. The number of hydrogen-bond donors (Lipinski definition) is 1. The standard InChI is InChI=1S/C20H17ClF3N3O3S/c1-30-9-8-27-18(29)13-4-2-3-5-15(13)26-19(27)31-11-17(28)25-16-7-6-12(21)10-14(16)20(22,23)24/h2-7,10H,8-9,11H2,1H3,(H,25,28). The van der Waals surface area contributed by atoms with Gasteiger partial charge in [-0.1, -0.05) is 35.5 Å². The number of anilines is 1. The third-order valence-electron chi connectivity index (χ3n) is 4.24. The molecule has 0 spiro atoms. The molecule has 164 valence electrons. The van der Waals surface area contributed by atoms with Crippen LogP contribution >= 0.6 is 23.4 Å². The highest BCUT2D eigenvalue weighted by Gasteiger charge is 2.34. The molecule has 0 unspecified atom stereocenters. The first kappa shape index (κ1) is 23.1. The van der Waals surface area contributed by atoms with Crippen LogP contribution in [0.4, 0.5) is 18.9 Å². The number of benzene rings is 2. The number of thioether (sulfide) groups is 1. The third kappa shape index (κ3) is 5.57. The van der Waals surface area contributed by atoms with Crippen molar-refractivity contribution >= 4 is 45.9 Å². The van der Waals surface area contributed by atoms with Crippen LogP contribution in [0.1, 0.15) is 5.56 Å². The van der Waals surface area contributed by atoms with Crippen LogP contribution in [0.5, 0.6) is 0 Å². The van der Waals surface area contributed by atoms with E-state index in [0.717, 1.165) is 23.9 Å². The minimum atomic E-state index is -4.68. The molecule has 1 amide bonds. The van der Waals surface area contributed by atoms with Gasteiger partial charge in [0.05, 0.1) is 41.1 Å². The van der Waals surface area contributed by atoms with Crippen LogP contribution < -0.4 is 10.9 Å². The third-order valence-corrected chi connectivity index (χ3v) is 5.45. The van der Waals surface area contributed by atoms with Gasteiger partial charge in [-0.05, 0) is 30.3 Å². The summed E-state index contributed by atoms with van der Waals surface area (Å²) in [5, 5.41) is 2.84. The largest absolute Gasteiger partial charge is 0.418 e. The number of ether oxygens (including phenoxy) is 1. The Balaban J connectivity index is 1.83. The molecule has 1 heterocycles. The fourth-order valence-corrected chi connectivity index (χ4v) is 3.81. The van der Waals surface area contributed by atoms with Crippen molar-refractivity contribution in [2.45, 2.75) is 17.9 Å². The number of carbonyl (C=O) groups excluding carboxylic acids is 1. The zero-order valence-electron chi connectivity index (χ0n) is 16.2. The molecule has 0 aliphatic heterocycles. The van der Waals surface area contributed by atoms with E-state index >= 15 is 0 Å². The summed E-state index contributed by atoms with van der Waals surface area (Å²) >= 11 is 6.60. The number of methoxy groups -OCH3 is 1. The molecule has 11 heteroatoms. The molecule has 1 N–H and O–H groups in total. The quantitative estimate of drug-likeness (QED) is 0.407. The molecule has 1 aromatic heterocycles. The van der Waals surface area contributed by atoms with E-state index in [9.17, 15) is 22.8 Å². The normalized spacial score (nSPS) is 11.6. The van der Waals surface area contributed by atoms with Crippen LogP contribution in [0.3, 0.4) is 0 Å². The minimum Gasteiger partial charge on any atom is -0.383 e. The molecule has 0 saturated carbocycles. The zero-order chi connectivity index (χ0) is 22.6. The average molecular weight is 472 g/mol. The first-order chi connectivity index (χ1) is 14.7. The number of fused-ring (bicyclic) bond motifs is 1. The Labute approximate surface area is 184 Å². The van der Waals surface area contributed by atoms with Gasteiger partial charge in [0.15, 0.2) is 5.16 Å². The predicted octanol–water partition coefficient (Wildman–Crippen LogP) is 4.45. The molecule has 3 rings (SSSR count). The maximum atomic E-state index is 13.2. The van der Waals surface area contributed by atoms with E-state index in [4.69, 9.17) is 16.3 Å². The summed E-state index contributed by atoms with van der Waals surface area (Å²) < 4.78 is 46.1. The van der Waals surface area contributed by atoms with Gasteiger partial charge in [0, 0.05) is 12.1 Å². The Hall–Kier alpha value is -2.56. The van der Waals surface area contributed by atoms with Gasteiger partial charge in [-0.25, -0.2) is 4.98 Å². The van der Waals surface area contributed by atoms with Gasteiger partial charge in [-0.2, -0.15) is 13.2 Å². The zero-order valence-corrected chi connectivity index (χ0v) is 17.8. The Morgan fingerprint density at radius 3 is 2.71 bits per heavy atom. The lowest BCUT2D eigenvalue weighted by molar-refractivity contribution is -0.137. The molecule has 0 aliphatic rings. The molecule has 3 aromatic rings. The molecule has 0 radical (unpaired) electrons. The maximum Gasteiger partial charge on any atom is 0.418 e. The lowest BCUT2D eigenvalue weighted by Crippen LogP contribution is -2.26. The Kier molecular flexibility index (Phi) is 7.24. The van der Waals surface area contributed by atoms with Gasteiger partial charge in [0.25, 0.3) is 5.56 Å². The molecule has 6 nitrogen and oxygen atoms in total. The van der Waals surface area contributed by atoms with Crippen molar-refractivity contribution in [2.24, 2.45) is 0 Å². The number of rotatable bonds is 7. The van der Waals surface area contributed by atoms with Crippen LogP contribution in [0.25, 0.3) is 10.9 Å². The number of para-hydroxylation sites is 1. The van der Waals surface area contributed by atoms with Crippen molar-refractivity contribution in [1.29, 1.82) is 0 Å². The Morgan fingerprint density at radius 1 is 1.26 bits per heavy atom. The maximum absolute atomic E-state index is 13.2. The second-order valence-corrected chi connectivity index (χ2v) is 7.76. The van der Waals surface area contributed by atoms with Gasteiger partial charge >= 0.3 is 6.18 Å². The first-order valence-corrected chi connectivity index (χ1v) is 10.3. The SMILES string of the molecule is COCCn1c(SCC(=O)Nc2ccc(Cl)cc2C(F)(F)F)nc2ccccc2c1=O. The summed E-state index contributed by atoms with van der Waals surface area (Å²) in [4.78, 5) is 29.6. The summed E-state index contributed by atoms with van der Waals surface area (Å²) in [5.74, 6) is -0.934. The van der Waals surface area contributed by atoms with E-state index < -0.39 is 23.3 Å². The highest BCUT2D eigenvalue weighted by atomic mass is 35.5. The summed E-state index contributed by atoms with van der Waals surface area (Å²) in [7, 11) is 1.49. The van der Waals surface area contributed by atoms with Crippen molar-refractivity contribution in [2.75, 3.05) is 24.8 Å². The second kappa shape index (κ2) is 9.71. The molecule has 31 heavy (non-hydrogen) atoms. The highest BCUT2D eigenvalue weighted by Crippen LogP contribution is 2.36. The fraction of sp³-hybridized carbons (Fsp3) is 0.250. The Morgan fingerprint density at radius 2 is 2.00 bits per heavy atom. The van der Waals surface area contributed by atoms with Crippen LogP contribution in [-0.2, 0) is 22.3 Å². The van der Waals surface area contributed by atoms with Gasteiger partial charge in [-0.3, -0.25) is 14.2 Å². The molecule has 0 saturated heterocycles. The van der Waals surface area contributed by atoms with Crippen LogP contribution in [0, 0.1) is 0 Å². The summed E-state index contributed by atoms with van der Waals surface area (Å²) in [5.41, 5.74) is -1.27. The number of amides is 1. The summed E-state index contributed by atoms with van der Waals surface area (Å²) in [6, 6.07) is 9.87. The van der Waals surface area contributed by atoms with Crippen LogP contribution in [0.15, 0.2) is 52.4 Å². The van der Waals surface area contributed by atoms with E-state index in [-0.39, 0.29) is 34.6 Å². The molecule has 0 fully saturated rings. The fourth-order valence-electron chi connectivity index (χ4n) is 2.81. The highest BCUT2D eigenvalue weighted by molar-refractivity contribution is 7.99. The van der Waals surface area contributed by atoms with Crippen LogP contribution in [-0.4, -0.2) is 34.9 Å². The number of nitrogens with one attached hydrogen (secondary N) is 1. The number of hydrogen-bond acceptors (Lipinski definition) is 5. The van der Waals surface area contributed by atoms with Crippen molar-refractivity contribution in [3.63, 3.8) is 0 Å². The smallest absolute Gasteiger partial charge is 0.383 e. The van der Waals surface area contributed by atoms with Crippen molar-refractivity contribution in [3.05, 3.63) is 63.4 Å². The van der Waals surface area contributed by atoms with Gasteiger partial charge in [0.1, 0.15) is 0 Å². The number of carbonyl (C=O) groups is 1. The first-order valence-electron chi connectivity index (χ1n) is 8.98. The van der Waals surface area contributed by atoms with Gasteiger partial charge < -0.3 is 10.1 Å². The Bertz CT molecular complexity index is 1170. The predicted molar refractivity (Wildman–Crippen MR) is 114 cm³/mol. The van der Waals surface area contributed by atoms with E-state index in [0.29, 0.717) is 10.9 Å².